The Bertz CT molecular complexity index is 272. The summed E-state index contributed by atoms with van der Waals surface area (Å²) >= 11 is 0. The van der Waals surface area contributed by atoms with Crippen LogP contribution in [0.3, 0.4) is 0 Å². The van der Waals surface area contributed by atoms with Gasteiger partial charge in [-0.3, -0.25) is 4.79 Å². The highest BCUT2D eigenvalue weighted by atomic mass is 16.4. The number of aliphatic hydroxyl groups is 1. The fourth-order valence-electron chi connectivity index (χ4n) is 2.61. The van der Waals surface area contributed by atoms with Gasteiger partial charge in [0.25, 0.3) is 0 Å². The first-order valence-electron chi connectivity index (χ1n) is 6.06. The quantitative estimate of drug-likeness (QED) is 0.708. The van der Waals surface area contributed by atoms with Crippen molar-refractivity contribution in [3.8, 4) is 0 Å². The van der Waals surface area contributed by atoms with E-state index in [1.165, 1.54) is 0 Å². The van der Waals surface area contributed by atoms with Gasteiger partial charge in [-0.05, 0) is 24.7 Å². The van der Waals surface area contributed by atoms with E-state index in [1.54, 1.807) is 0 Å². The molecule has 1 aliphatic carbocycles. The summed E-state index contributed by atoms with van der Waals surface area (Å²) in [5.41, 5.74) is -0.282. The minimum Gasteiger partial charge on any atom is -0.481 e. The molecule has 1 fully saturated rings. The van der Waals surface area contributed by atoms with E-state index < -0.39 is 5.97 Å². The monoisotopic (exact) mass is 226 g/mol. The number of unbranched alkanes of at least 4 members (excludes halogenated alkanes) is 1. The summed E-state index contributed by atoms with van der Waals surface area (Å²) in [4.78, 5) is 10.8. The first-order valence-corrected chi connectivity index (χ1v) is 6.06. The highest BCUT2D eigenvalue weighted by molar-refractivity contribution is 5.67. The molecule has 0 heterocycles. The van der Waals surface area contributed by atoms with Crippen molar-refractivity contribution in [2.75, 3.05) is 0 Å². The number of carbonyl (C=O) groups is 1. The lowest BCUT2D eigenvalue weighted by molar-refractivity contribution is -0.140. The number of aliphatic hydroxyl groups excluding tert-OH is 1. The predicted molar refractivity (Wildman–Crippen MR) is 63.1 cm³/mol. The minimum absolute atomic E-state index is 0.00449. The molecular formula is C13H22O3. The average Bonchev–Trinajstić information content (AvgIpc) is 2.44. The van der Waals surface area contributed by atoms with Crippen LogP contribution in [0.1, 0.15) is 46.0 Å². The van der Waals surface area contributed by atoms with Crippen LogP contribution in [-0.2, 0) is 4.79 Å². The molecule has 1 rings (SSSR count). The van der Waals surface area contributed by atoms with Crippen LogP contribution < -0.4 is 0 Å². The van der Waals surface area contributed by atoms with Crippen LogP contribution in [0, 0.1) is 11.3 Å². The van der Waals surface area contributed by atoms with E-state index in [0.717, 1.165) is 19.3 Å². The molecule has 1 aliphatic rings. The third-order valence-corrected chi connectivity index (χ3v) is 3.58. The molecule has 16 heavy (non-hydrogen) atoms. The number of hydrogen-bond donors (Lipinski definition) is 2. The molecule has 2 N–H and O–H groups in total. The molecule has 3 nitrogen and oxygen atoms in total. The molecule has 0 spiro atoms. The number of hydrogen-bond acceptors (Lipinski definition) is 2. The van der Waals surface area contributed by atoms with Crippen molar-refractivity contribution >= 4 is 5.97 Å². The van der Waals surface area contributed by atoms with Crippen molar-refractivity contribution in [1.82, 2.24) is 0 Å². The van der Waals surface area contributed by atoms with Gasteiger partial charge in [0, 0.05) is 5.92 Å². The predicted octanol–water partition coefficient (Wildman–Crippen LogP) is 2.59. The molecule has 0 bridgehead atoms. The molecule has 0 aromatic rings. The van der Waals surface area contributed by atoms with Gasteiger partial charge in [0.05, 0.1) is 12.5 Å². The summed E-state index contributed by atoms with van der Waals surface area (Å²) in [6, 6.07) is 0. The molecule has 0 aromatic carbocycles. The van der Waals surface area contributed by atoms with Crippen molar-refractivity contribution < 1.29 is 15.0 Å². The third kappa shape index (κ3) is 3.08. The summed E-state index contributed by atoms with van der Waals surface area (Å²) in [6.07, 6.45) is 7.43. The standard InChI is InChI=1S/C13H22O3/c1-3-4-5-6-10-11(14)7-8-13(10,2)9-12(15)16/h5-6,10-11,14H,3-4,7-9H2,1-2H3,(H,15,16). The van der Waals surface area contributed by atoms with Crippen LogP contribution in [-0.4, -0.2) is 22.3 Å². The Balaban J connectivity index is 2.72. The Labute approximate surface area is 97.2 Å². The summed E-state index contributed by atoms with van der Waals surface area (Å²) in [5, 5.41) is 18.8. The Morgan fingerprint density at radius 2 is 2.25 bits per heavy atom. The second-order valence-electron chi connectivity index (χ2n) is 5.07. The largest absolute Gasteiger partial charge is 0.481 e. The van der Waals surface area contributed by atoms with Crippen molar-refractivity contribution in [2.24, 2.45) is 11.3 Å². The van der Waals surface area contributed by atoms with Gasteiger partial charge in [0.1, 0.15) is 0 Å². The highest BCUT2D eigenvalue weighted by Crippen LogP contribution is 2.46. The lowest BCUT2D eigenvalue weighted by Gasteiger charge is -2.29. The molecule has 3 atom stereocenters. The first-order chi connectivity index (χ1) is 7.49. The van der Waals surface area contributed by atoms with Crippen molar-refractivity contribution in [3.63, 3.8) is 0 Å². The third-order valence-electron chi connectivity index (χ3n) is 3.58. The van der Waals surface area contributed by atoms with Crippen LogP contribution in [0.2, 0.25) is 0 Å². The maximum absolute atomic E-state index is 10.8. The van der Waals surface area contributed by atoms with E-state index in [1.807, 2.05) is 13.0 Å². The zero-order chi connectivity index (χ0) is 12.2. The SMILES string of the molecule is CCCC=CC1C(O)CCC1(C)CC(=O)O. The Kier molecular flexibility index (Phi) is 4.54. The van der Waals surface area contributed by atoms with Gasteiger partial charge in [0.2, 0.25) is 0 Å². The number of allylic oxidation sites excluding steroid dienone is 1. The summed E-state index contributed by atoms with van der Waals surface area (Å²) in [7, 11) is 0. The fraction of sp³-hybridized carbons (Fsp3) is 0.769. The summed E-state index contributed by atoms with van der Waals surface area (Å²) in [6.45, 7) is 4.07. The van der Waals surface area contributed by atoms with Crippen molar-refractivity contribution in [3.05, 3.63) is 12.2 Å². The molecular weight excluding hydrogens is 204 g/mol. The zero-order valence-corrected chi connectivity index (χ0v) is 10.1. The maximum Gasteiger partial charge on any atom is 0.303 e. The van der Waals surface area contributed by atoms with Gasteiger partial charge in [-0.25, -0.2) is 0 Å². The second-order valence-corrected chi connectivity index (χ2v) is 5.07. The Morgan fingerprint density at radius 3 is 2.81 bits per heavy atom. The van der Waals surface area contributed by atoms with Gasteiger partial charge >= 0.3 is 5.97 Å². The maximum atomic E-state index is 10.8. The van der Waals surface area contributed by atoms with Crippen molar-refractivity contribution in [1.29, 1.82) is 0 Å². The van der Waals surface area contributed by atoms with E-state index >= 15 is 0 Å². The lowest BCUT2D eigenvalue weighted by atomic mass is 9.76. The van der Waals surface area contributed by atoms with E-state index in [0.29, 0.717) is 6.42 Å². The smallest absolute Gasteiger partial charge is 0.303 e. The normalized spacial score (nSPS) is 34.7. The molecule has 0 amide bonds. The van der Waals surface area contributed by atoms with E-state index in [-0.39, 0.29) is 23.9 Å². The zero-order valence-electron chi connectivity index (χ0n) is 10.1. The molecule has 0 aliphatic heterocycles. The van der Waals surface area contributed by atoms with Gasteiger partial charge in [0.15, 0.2) is 0 Å². The Morgan fingerprint density at radius 1 is 1.56 bits per heavy atom. The van der Waals surface area contributed by atoms with Gasteiger partial charge < -0.3 is 10.2 Å². The van der Waals surface area contributed by atoms with E-state index in [9.17, 15) is 9.90 Å². The summed E-state index contributed by atoms with van der Waals surface area (Å²) < 4.78 is 0. The molecule has 0 aromatic heterocycles. The molecule has 0 radical (unpaired) electrons. The number of carboxylic acid groups (broad SMARTS) is 1. The molecule has 92 valence electrons. The second kappa shape index (κ2) is 5.48. The van der Waals surface area contributed by atoms with E-state index in [2.05, 4.69) is 13.0 Å². The van der Waals surface area contributed by atoms with Crippen LogP contribution >= 0.6 is 0 Å². The first kappa shape index (κ1) is 13.2. The highest BCUT2D eigenvalue weighted by Gasteiger charge is 2.44. The van der Waals surface area contributed by atoms with Gasteiger partial charge in [-0.15, -0.1) is 0 Å². The number of carboxylic acids is 1. The van der Waals surface area contributed by atoms with E-state index in [4.69, 9.17) is 5.11 Å². The Hall–Kier alpha value is -0.830. The molecule has 0 saturated heterocycles. The lowest BCUT2D eigenvalue weighted by Crippen LogP contribution is -2.28. The summed E-state index contributed by atoms with van der Waals surface area (Å²) in [5.74, 6) is -0.777. The van der Waals surface area contributed by atoms with Gasteiger partial charge in [-0.1, -0.05) is 32.4 Å². The number of rotatable bonds is 5. The van der Waals surface area contributed by atoms with Crippen LogP contribution in [0.25, 0.3) is 0 Å². The van der Waals surface area contributed by atoms with Crippen LogP contribution in [0.15, 0.2) is 12.2 Å². The van der Waals surface area contributed by atoms with Crippen LogP contribution in [0.4, 0.5) is 0 Å². The minimum atomic E-state index is -0.773. The number of aliphatic carboxylic acids is 1. The van der Waals surface area contributed by atoms with Crippen molar-refractivity contribution in [2.45, 2.75) is 52.1 Å². The topological polar surface area (TPSA) is 57.5 Å². The van der Waals surface area contributed by atoms with Gasteiger partial charge in [-0.2, -0.15) is 0 Å². The molecule has 3 heteroatoms. The van der Waals surface area contributed by atoms with Crippen LogP contribution in [0.5, 0.6) is 0 Å². The molecule has 1 saturated carbocycles. The average molecular weight is 226 g/mol. The molecule has 3 unspecified atom stereocenters. The fourth-order valence-corrected chi connectivity index (χ4v) is 2.61.